The van der Waals surface area contributed by atoms with E-state index >= 15 is 0 Å². The van der Waals surface area contributed by atoms with E-state index in [0.717, 1.165) is 44.9 Å². The topological polar surface area (TPSA) is 99.1 Å². The van der Waals surface area contributed by atoms with Gasteiger partial charge in [-0.2, -0.15) is 0 Å². The fraction of sp³-hybridized carbons (Fsp3) is 0.761. The normalized spacial score (nSPS) is 13.4. The lowest BCUT2D eigenvalue weighted by molar-refractivity contribution is -0.887. The van der Waals surface area contributed by atoms with Crippen molar-refractivity contribution >= 4 is 17.9 Å². The summed E-state index contributed by atoms with van der Waals surface area (Å²) in [6.45, 7) is 4.61. The quantitative estimate of drug-likeness (QED) is 0.0289. The number of carboxylic acids is 1. The number of carboxylic acid groups (broad SMARTS) is 1. The average molecular weight is 761 g/mol. The molecule has 0 aliphatic heterocycles. The fourth-order valence-electron chi connectivity index (χ4n) is 6.06. The summed E-state index contributed by atoms with van der Waals surface area (Å²) in [4.78, 5) is 36.8. The summed E-state index contributed by atoms with van der Waals surface area (Å²) in [5, 5.41) is 9.58. The fourth-order valence-corrected chi connectivity index (χ4v) is 6.06. The van der Waals surface area contributed by atoms with Gasteiger partial charge in [0.25, 0.3) is 0 Å². The molecule has 0 aliphatic carbocycles. The van der Waals surface area contributed by atoms with Gasteiger partial charge in [-0.3, -0.25) is 9.59 Å². The van der Waals surface area contributed by atoms with Gasteiger partial charge in [-0.05, 0) is 64.2 Å². The number of unbranched alkanes of at least 4 members (excludes halogenated alkanes) is 16. The van der Waals surface area contributed by atoms with Crippen molar-refractivity contribution in [1.82, 2.24) is 0 Å². The van der Waals surface area contributed by atoms with Crippen molar-refractivity contribution in [2.45, 2.75) is 187 Å². The van der Waals surface area contributed by atoms with E-state index in [1.54, 1.807) is 0 Å². The van der Waals surface area contributed by atoms with Crippen LogP contribution in [0.15, 0.2) is 48.6 Å². The Labute approximate surface area is 331 Å². The van der Waals surface area contributed by atoms with E-state index in [1.165, 1.54) is 89.9 Å². The molecule has 0 radical (unpaired) electrons. The lowest BCUT2D eigenvalue weighted by atomic mass is 10.1. The second-order valence-corrected chi connectivity index (χ2v) is 15.6. The van der Waals surface area contributed by atoms with E-state index in [4.69, 9.17) is 14.2 Å². The Bertz CT molecular complexity index is 1030. The number of esters is 2. The van der Waals surface area contributed by atoms with Crippen LogP contribution in [0.1, 0.15) is 174 Å². The molecule has 0 amide bonds. The van der Waals surface area contributed by atoms with E-state index in [1.807, 2.05) is 27.2 Å². The number of carbonyl (C=O) groups excluding carboxylic acids is 2. The summed E-state index contributed by atoms with van der Waals surface area (Å²) in [5.74, 6) is -1.54. The van der Waals surface area contributed by atoms with Crippen LogP contribution < -0.4 is 0 Å². The van der Waals surface area contributed by atoms with Crippen molar-refractivity contribution in [3.8, 4) is 0 Å². The molecule has 0 heterocycles. The number of aliphatic carboxylic acids is 1. The van der Waals surface area contributed by atoms with E-state index in [9.17, 15) is 19.5 Å². The summed E-state index contributed by atoms with van der Waals surface area (Å²) in [6, 6.07) is -0.620. The highest BCUT2D eigenvalue weighted by Crippen LogP contribution is 2.13. The molecule has 0 fully saturated rings. The summed E-state index contributed by atoms with van der Waals surface area (Å²) in [5.41, 5.74) is 0. The van der Waals surface area contributed by atoms with E-state index in [-0.39, 0.29) is 42.7 Å². The number of hydrogen-bond acceptors (Lipinski definition) is 6. The lowest BCUT2D eigenvalue weighted by Crippen LogP contribution is -2.50. The predicted octanol–water partition coefficient (Wildman–Crippen LogP) is 11.6. The number of hydrogen-bond donors (Lipinski definition) is 1. The monoisotopic (exact) mass is 761 g/mol. The molecule has 0 spiro atoms. The van der Waals surface area contributed by atoms with Crippen LogP contribution in [-0.2, 0) is 28.6 Å². The van der Waals surface area contributed by atoms with Crippen LogP contribution in [0.3, 0.4) is 0 Å². The first-order chi connectivity index (χ1) is 26.1. The molecule has 0 aromatic heterocycles. The van der Waals surface area contributed by atoms with E-state index < -0.39 is 18.1 Å². The number of ether oxygens (including phenoxy) is 3. The first-order valence-corrected chi connectivity index (χ1v) is 21.7. The Morgan fingerprint density at radius 1 is 0.556 bits per heavy atom. The minimum absolute atomic E-state index is 0.0433. The molecule has 0 aliphatic rings. The molecule has 0 bridgehead atoms. The van der Waals surface area contributed by atoms with Gasteiger partial charge in [0.05, 0.1) is 34.4 Å². The number of rotatable bonds is 38. The minimum atomic E-state index is -0.883. The molecule has 2 atom stereocenters. The Hall–Kier alpha value is -2.71. The number of carbonyl (C=O) groups is 3. The number of nitrogens with zero attached hydrogens (tertiary/aromatic N) is 1. The highest BCUT2D eigenvalue weighted by atomic mass is 16.6. The van der Waals surface area contributed by atoms with Gasteiger partial charge >= 0.3 is 17.9 Å². The SMILES string of the molecule is CCCCC/C=C/C/C=C/C/C=C/CCCCCCCCCCCC(=O)OCC(COCCC(C(=O)O)[N+](C)(C)C)OC(=O)CC/C=C/CCCCCC. The average Bonchev–Trinajstić information content (AvgIpc) is 3.12. The Balaban J connectivity index is 4.21. The van der Waals surface area contributed by atoms with Gasteiger partial charge in [0.2, 0.25) is 0 Å². The van der Waals surface area contributed by atoms with Gasteiger partial charge in [-0.15, -0.1) is 0 Å². The maximum atomic E-state index is 12.6. The smallest absolute Gasteiger partial charge is 0.362 e. The zero-order chi connectivity index (χ0) is 40.0. The molecule has 0 rings (SSSR count). The highest BCUT2D eigenvalue weighted by molar-refractivity contribution is 5.72. The molecular weight excluding hydrogens is 679 g/mol. The standard InChI is InChI=1S/C46H81NO7/c1-6-8-10-12-14-16-17-18-19-20-21-22-23-24-25-26-27-28-29-31-32-34-36-44(48)53-41-42(40-52-39-38-43(46(50)51)47(3,4)5)54-45(49)37-35-33-30-15-13-11-9-7-2/h14,16,18-19,21-22,30,33,42-43H,6-13,15,17,20,23-29,31-32,34-41H2,1-5H3/p+1/b16-14+,19-18+,22-21+,33-30+. The van der Waals surface area contributed by atoms with Crippen molar-refractivity contribution in [3.63, 3.8) is 0 Å². The number of allylic oxidation sites excluding steroid dienone is 8. The van der Waals surface area contributed by atoms with Crippen LogP contribution in [-0.4, -0.2) is 80.6 Å². The molecule has 0 saturated carbocycles. The third-order valence-electron chi connectivity index (χ3n) is 9.46. The Morgan fingerprint density at radius 3 is 1.57 bits per heavy atom. The van der Waals surface area contributed by atoms with Crippen LogP contribution in [0.5, 0.6) is 0 Å². The number of likely N-dealkylation sites (N-methyl/N-ethyl adjacent to an activating group) is 1. The third kappa shape index (κ3) is 35.0. The van der Waals surface area contributed by atoms with Crippen LogP contribution in [0.4, 0.5) is 0 Å². The van der Waals surface area contributed by atoms with Gasteiger partial charge in [-0.1, -0.05) is 140 Å². The summed E-state index contributed by atoms with van der Waals surface area (Å²) in [6.07, 6.45) is 43.2. The van der Waals surface area contributed by atoms with Gasteiger partial charge in [0, 0.05) is 19.3 Å². The van der Waals surface area contributed by atoms with Crippen molar-refractivity contribution in [2.75, 3.05) is 41.0 Å². The molecule has 1 N–H and O–H groups in total. The first-order valence-electron chi connectivity index (χ1n) is 21.7. The highest BCUT2D eigenvalue weighted by Gasteiger charge is 2.31. The molecule has 8 nitrogen and oxygen atoms in total. The van der Waals surface area contributed by atoms with Crippen LogP contribution in [0, 0.1) is 0 Å². The molecule has 312 valence electrons. The lowest BCUT2D eigenvalue weighted by Gasteiger charge is -2.31. The zero-order valence-electron chi connectivity index (χ0n) is 35.4. The van der Waals surface area contributed by atoms with E-state index in [2.05, 4.69) is 56.4 Å². The van der Waals surface area contributed by atoms with Gasteiger partial charge in [0.15, 0.2) is 12.1 Å². The van der Waals surface area contributed by atoms with Crippen LogP contribution >= 0.6 is 0 Å². The van der Waals surface area contributed by atoms with Gasteiger partial charge < -0.3 is 23.8 Å². The first kappa shape index (κ1) is 51.3. The number of quaternary nitrogens is 1. The molecule has 0 saturated heterocycles. The predicted molar refractivity (Wildman–Crippen MR) is 224 cm³/mol. The molecule has 0 aromatic rings. The van der Waals surface area contributed by atoms with E-state index in [0.29, 0.717) is 19.3 Å². The molecule has 2 unspecified atom stereocenters. The second-order valence-electron chi connectivity index (χ2n) is 15.6. The largest absolute Gasteiger partial charge is 0.477 e. The van der Waals surface area contributed by atoms with Crippen LogP contribution in [0.25, 0.3) is 0 Å². The molecule has 8 heteroatoms. The maximum absolute atomic E-state index is 12.6. The third-order valence-corrected chi connectivity index (χ3v) is 9.46. The minimum Gasteiger partial charge on any atom is -0.477 e. The van der Waals surface area contributed by atoms with Crippen molar-refractivity contribution < 1.29 is 38.2 Å². The van der Waals surface area contributed by atoms with Crippen molar-refractivity contribution in [1.29, 1.82) is 0 Å². The van der Waals surface area contributed by atoms with Gasteiger partial charge in [-0.25, -0.2) is 4.79 Å². The van der Waals surface area contributed by atoms with Gasteiger partial charge in [0.1, 0.15) is 6.61 Å². The summed E-state index contributed by atoms with van der Waals surface area (Å²) >= 11 is 0. The zero-order valence-corrected chi connectivity index (χ0v) is 35.4. The molecule has 0 aromatic carbocycles. The Kier molecular flexibility index (Phi) is 35.4. The molecule has 54 heavy (non-hydrogen) atoms. The van der Waals surface area contributed by atoms with Crippen molar-refractivity contribution in [2.24, 2.45) is 0 Å². The van der Waals surface area contributed by atoms with Crippen molar-refractivity contribution in [3.05, 3.63) is 48.6 Å². The summed E-state index contributed by atoms with van der Waals surface area (Å²) in [7, 11) is 5.50. The van der Waals surface area contributed by atoms with Crippen LogP contribution in [0.2, 0.25) is 0 Å². The maximum Gasteiger partial charge on any atom is 0.362 e. The second kappa shape index (κ2) is 37.2. The molecular formula is C46H82NO7+. The summed E-state index contributed by atoms with van der Waals surface area (Å²) < 4.78 is 17.1. The Morgan fingerprint density at radius 2 is 1.02 bits per heavy atom.